The topological polar surface area (TPSA) is 769 Å². The minimum Gasteiger partial charge on any atom is -0.481 e. The molecule has 26 N–H and O–H groups in total. The molecule has 4 aromatic rings. The van der Waals surface area contributed by atoms with Crippen LogP contribution in [0.3, 0.4) is 0 Å². The summed E-state index contributed by atoms with van der Waals surface area (Å²) in [5.41, 5.74) is 1.75. The summed E-state index contributed by atoms with van der Waals surface area (Å²) in [6, 6.07) is -12.4. The van der Waals surface area contributed by atoms with Crippen LogP contribution >= 0.6 is 25.3 Å². The van der Waals surface area contributed by atoms with Crippen LogP contribution in [0.15, 0.2) is 73.3 Å². The van der Waals surface area contributed by atoms with Gasteiger partial charge in [-0.05, 0) is 98.8 Å². The summed E-state index contributed by atoms with van der Waals surface area (Å²) in [5.74, 6) is -28.6. The number of carboxylic acids is 5. The van der Waals surface area contributed by atoms with Crippen LogP contribution < -0.4 is 90.4 Å². The number of hydrogen-bond acceptors (Lipinski definition) is 28. The van der Waals surface area contributed by atoms with Crippen molar-refractivity contribution < 1.29 is 141 Å². The quantitative estimate of drug-likeness (QED) is 0.0184. The van der Waals surface area contributed by atoms with Crippen LogP contribution in [0.5, 0.6) is 0 Å². The SMILES string of the molecule is CC[C@H](C)[C@H](NC(=O)[C@H](CC(C)C)NC(=O)[C@H](CCC(=O)O)NC(=O)CNC(=O)[C@H](CO)NC(=O)[C@H](Cc1ccccc1)NC(=O)[C@H](Cc1cnc[nH]1)NC(=O)[C@@H](NC(=O)[C@H](CO)NC(=O)[C@H](CS)NC(=O)[C@H](CC(=O)O)NC(=O)[C@H](CC(=O)O)NC(=O)[C@@H]1CCCN1)[C@@H](C)CC)C(=O)N[C@@H](Cc1c[nH]c2ccccc12)C(=O)N[C@@H](CS)C(=O)N[C@@H](CCC(=O)O)C(=O)N1CCC[C@H]1C(=O)N[C@@H](CC(C)C)C(=O)O. The molecule has 0 radical (unpaired) electrons. The van der Waals surface area contributed by atoms with Crippen molar-refractivity contribution in [2.45, 2.75) is 267 Å². The Labute approximate surface area is 839 Å². The average Bonchev–Trinajstić information content (AvgIpc) is 1.67. The number of hydrogen-bond donors (Lipinski definition) is 28. The Hall–Kier alpha value is -13.9. The largest absolute Gasteiger partial charge is 0.481 e. The third-order valence-corrected chi connectivity index (χ3v) is 24.7. The number of aromatic amines is 2. The Morgan fingerprint density at radius 3 is 1.37 bits per heavy atom. The van der Waals surface area contributed by atoms with E-state index in [4.69, 9.17) is 0 Å². The van der Waals surface area contributed by atoms with Crippen molar-refractivity contribution in [3.05, 3.63) is 90.1 Å². The molecule has 6 rings (SSSR count). The van der Waals surface area contributed by atoms with E-state index in [1.54, 1.807) is 109 Å². The number of aliphatic carboxylic acids is 5. The molecule has 2 fully saturated rings. The first-order chi connectivity index (χ1) is 68.2. The first kappa shape index (κ1) is 119. The zero-order valence-corrected chi connectivity index (χ0v) is 82.7. The van der Waals surface area contributed by atoms with Crippen LogP contribution in [-0.2, 0) is 125 Å². The van der Waals surface area contributed by atoms with Gasteiger partial charge in [0.15, 0.2) is 0 Å². The number of benzene rings is 2. The van der Waals surface area contributed by atoms with Crippen molar-refractivity contribution in [3.63, 3.8) is 0 Å². The first-order valence-corrected chi connectivity index (χ1v) is 48.5. The molecule has 19 atom stereocenters. The molecule has 2 aromatic carbocycles. The zero-order valence-electron chi connectivity index (χ0n) is 80.9. The first-order valence-electron chi connectivity index (χ1n) is 47.2. The highest BCUT2D eigenvalue weighted by molar-refractivity contribution is 7.80. The second kappa shape index (κ2) is 59.3. The van der Waals surface area contributed by atoms with Crippen LogP contribution in [0.1, 0.15) is 162 Å². The molecular formula is C92H133N21O29S2. The monoisotopic (exact) mass is 2060 g/mol. The molecule has 0 bridgehead atoms. The minimum absolute atomic E-state index is 0.0206. The molecule has 0 saturated carbocycles. The standard InChI is InChI=1S/C92H133N21O29S2/c1-9-47(7)74(89(138)104-59(33-50-37-95-53-21-15-14-20-52(50)53)80(129)109-66(42-143)86(135)99-56(25-27-71(119)120)91(140)113-29-17-23-68(113)88(137)106-63(92(141)142)31-46(5)6)111-84(133)57(30-45(3)4)100-78(127)55(24-26-70(117)118)98-69(116)39-96-76(125)64(40-114)107-79(128)58(32-49-18-12-11-13-19-49)101-81(130)60(34-51-38-93-44-97-51)105-90(139)75(48(8)10-2)112-85(134)65(41-115)108-87(136)67(43-144)110-83(132)62(36-73(123)124)103-82(131)61(35-72(121)122)102-77(126)54-22-16-28-94-54/h11-15,18-21,37-38,44-48,54-68,74-75,94-95,114-115,143-144H,9-10,16-17,22-36,39-43H2,1-8H3,(H,93,97)(H,96,125)(H,98,116)(H,99,135)(H,100,127)(H,101,130)(H,102,126)(H,103,131)(H,104,138)(H,105,139)(H,106,137)(H,107,128)(H,108,136)(H,109,129)(H,110,132)(H,111,133)(H,112,134)(H,117,118)(H,119,120)(H,121,122)(H,123,124)(H,141,142)/t47-,48-,54-,55-,56-,57-,58-,59-,60-,61-,62-,63-,64-,65-,66-,67-,68-,74-,75-/m0/s1. The van der Waals surface area contributed by atoms with Gasteiger partial charge in [0.25, 0.3) is 0 Å². The molecule has 2 aliphatic heterocycles. The van der Waals surface area contributed by atoms with Gasteiger partial charge in [0.05, 0.1) is 45.0 Å². The molecule has 2 aromatic heterocycles. The number of aliphatic hydroxyl groups excluding tert-OH is 2. The smallest absolute Gasteiger partial charge is 0.326 e. The molecule has 17 amide bonds. The molecule has 52 heteroatoms. The van der Waals surface area contributed by atoms with Crippen LogP contribution in [0.4, 0.5) is 0 Å². The molecule has 50 nitrogen and oxygen atoms in total. The molecule has 144 heavy (non-hydrogen) atoms. The highest BCUT2D eigenvalue weighted by atomic mass is 32.1. The third-order valence-electron chi connectivity index (χ3n) is 24.0. The van der Waals surface area contributed by atoms with Crippen LogP contribution in [0.25, 0.3) is 10.9 Å². The lowest BCUT2D eigenvalue weighted by atomic mass is 9.95. The Kier molecular flexibility index (Phi) is 48.9. The lowest BCUT2D eigenvalue weighted by molar-refractivity contribution is -0.145. The number of imidazole rings is 1. The number of H-pyrrole nitrogens is 2. The lowest BCUT2D eigenvalue weighted by Gasteiger charge is -2.31. The molecular weight excluding hydrogens is 1930 g/mol. The maximum absolute atomic E-state index is 15.0. The summed E-state index contributed by atoms with van der Waals surface area (Å²) in [6.07, 6.45) is 0.0260. The average molecular weight is 2060 g/mol. The number of rotatable bonds is 62. The van der Waals surface area contributed by atoms with Crippen LogP contribution in [0, 0.1) is 23.7 Å². The summed E-state index contributed by atoms with van der Waals surface area (Å²) < 4.78 is 0. The molecule has 0 unspecified atom stereocenters. The summed E-state index contributed by atoms with van der Waals surface area (Å²) in [7, 11) is 0. The number of nitrogens with zero attached hydrogens (tertiary/aromatic N) is 2. The van der Waals surface area contributed by atoms with Gasteiger partial charge in [0.1, 0.15) is 96.7 Å². The maximum Gasteiger partial charge on any atom is 0.326 e. The lowest BCUT2D eigenvalue weighted by Crippen LogP contribution is -2.62. The predicted molar refractivity (Wildman–Crippen MR) is 518 cm³/mol. The van der Waals surface area contributed by atoms with Gasteiger partial charge in [0, 0.05) is 79.1 Å². The fourth-order valence-corrected chi connectivity index (χ4v) is 16.2. The Balaban J connectivity index is 1.15. The van der Waals surface area contributed by atoms with E-state index in [0.29, 0.717) is 41.4 Å². The van der Waals surface area contributed by atoms with E-state index in [1.807, 2.05) is 0 Å². The van der Waals surface area contributed by atoms with E-state index in [1.165, 1.54) is 19.4 Å². The summed E-state index contributed by atoms with van der Waals surface area (Å²) >= 11 is 8.45. The van der Waals surface area contributed by atoms with Crippen molar-refractivity contribution in [1.29, 1.82) is 0 Å². The summed E-state index contributed by atoms with van der Waals surface area (Å²) in [6.45, 7) is 10.3. The number of nitrogens with one attached hydrogen (secondary N) is 19. The van der Waals surface area contributed by atoms with Crippen molar-refractivity contribution in [3.8, 4) is 0 Å². The Morgan fingerprint density at radius 1 is 0.431 bits per heavy atom. The van der Waals surface area contributed by atoms with Gasteiger partial charge in [0.2, 0.25) is 100 Å². The number of carbonyl (C=O) groups excluding carboxylic acids is 17. The van der Waals surface area contributed by atoms with Gasteiger partial charge >= 0.3 is 29.8 Å². The number of aromatic nitrogens is 3. The molecule has 0 aliphatic carbocycles. The van der Waals surface area contributed by atoms with Crippen molar-refractivity contribution in [1.82, 2.24) is 110 Å². The van der Waals surface area contributed by atoms with Gasteiger partial charge in [-0.15, -0.1) is 0 Å². The van der Waals surface area contributed by atoms with E-state index < -0.39 is 327 Å². The summed E-state index contributed by atoms with van der Waals surface area (Å²) in [5, 5.41) is 112. The van der Waals surface area contributed by atoms with Crippen molar-refractivity contribution >= 4 is 166 Å². The van der Waals surface area contributed by atoms with E-state index in [0.717, 1.165) is 4.90 Å². The van der Waals surface area contributed by atoms with Gasteiger partial charge < -0.3 is 141 Å². The van der Waals surface area contributed by atoms with E-state index in [-0.39, 0.29) is 69.5 Å². The fourth-order valence-electron chi connectivity index (χ4n) is 15.7. The van der Waals surface area contributed by atoms with Gasteiger partial charge in [-0.2, -0.15) is 25.3 Å². The minimum atomic E-state index is -2.01. The molecule has 4 heterocycles. The summed E-state index contributed by atoms with van der Waals surface area (Å²) in [4.78, 5) is 312. The maximum atomic E-state index is 15.0. The Bertz CT molecular complexity index is 5140. The number of fused-ring (bicyclic) bond motifs is 1. The third kappa shape index (κ3) is 38.1. The van der Waals surface area contributed by atoms with Crippen molar-refractivity contribution in [2.75, 3.05) is 44.4 Å². The second-order valence-corrected chi connectivity index (χ2v) is 36.8. The fraction of sp³-hybridized carbons (Fsp3) is 0.576. The van der Waals surface area contributed by atoms with Gasteiger partial charge in [-0.25, -0.2) is 9.78 Å². The van der Waals surface area contributed by atoms with E-state index in [2.05, 4.69) is 131 Å². The van der Waals surface area contributed by atoms with E-state index >= 15 is 0 Å². The van der Waals surface area contributed by atoms with Gasteiger partial charge in [-0.1, -0.05) is 117 Å². The Morgan fingerprint density at radius 2 is 0.868 bits per heavy atom. The number of thiol groups is 2. The number of likely N-dealkylation sites (tertiary alicyclic amines) is 1. The number of aliphatic hydroxyl groups is 2. The highest BCUT2D eigenvalue weighted by Gasteiger charge is 2.44. The van der Waals surface area contributed by atoms with E-state index in [9.17, 15) is 141 Å². The predicted octanol–water partition coefficient (Wildman–Crippen LogP) is -5.16. The van der Waals surface area contributed by atoms with Gasteiger partial charge in [-0.3, -0.25) is 101 Å². The number of carboxylic acid groups (broad SMARTS) is 5. The highest BCUT2D eigenvalue weighted by Crippen LogP contribution is 2.24. The molecule has 2 aliphatic rings. The van der Waals surface area contributed by atoms with Crippen LogP contribution in [-0.4, -0.2) is 333 Å². The second-order valence-electron chi connectivity index (χ2n) is 36.1. The van der Waals surface area contributed by atoms with Crippen molar-refractivity contribution in [2.24, 2.45) is 23.7 Å². The molecule has 2 saturated heterocycles. The number of amides is 17. The number of para-hydroxylation sites is 1. The number of carbonyl (C=O) groups is 22. The molecule has 792 valence electrons. The zero-order chi connectivity index (χ0) is 107. The molecule has 0 spiro atoms. The van der Waals surface area contributed by atoms with Crippen LogP contribution in [0.2, 0.25) is 0 Å². The normalized spacial score (nSPS) is 16.9.